The molecule has 0 bridgehead atoms. The van der Waals surface area contributed by atoms with Crippen molar-refractivity contribution in [3.63, 3.8) is 0 Å². The van der Waals surface area contributed by atoms with Gasteiger partial charge in [0.1, 0.15) is 0 Å². The highest BCUT2D eigenvalue weighted by molar-refractivity contribution is 9.10. The van der Waals surface area contributed by atoms with Gasteiger partial charge in [0.2, 0.25) is 0 Å². The first-order valence-electron chi connectivity index (χ1n) is 6.61. The standard InChI is InChI=1S/C14H22BrNS/c1-10(2)11-3-5-13(6-4-11)16-8-14-7-12(15)9-17-14/h7,9-11,13,16H,3-6,8H2,1-2H3. The maximum atomic E-state index is 3.70. The quantitative estimate of drug-likeness (QED) is 0.840. The molecule has 0 aromatic carbocycles. The summed E-state index contributed by atoms with van der Waals surface area (Å²) in [5.41, 5.74) is 0. The summed E-state index contributed by atoms with van der Waals surface area (Å²) in [6.07, 6.45) is 5.53. The van der Waals surface area contributed by atoms with Crippen LogP contribution >= 0.6 is 27.3 Å². The molecule has 17 heavy (non-hydrogen) atoms. The van der Waals surface area contributed by atoms with Gasteiger partial charge in [0.05, 0.1) is 0 Å². The van der Waals surface area contributed by atoms with E-state index in [1.54, 1.807) is 0 Å². The topological polar surface area (TPSA) is 12.0 Å². The summed E-state index contributed by atoms with van der Waals surface area (Å²) in [5.74, 6) is 1.83. The average Bonchev–Trinajstić information content (AvgIpc) is 2.73. The lowest BCUT2D eigenvalue weighted by Gasteiger charge is -2.31. The molecule has 1 aromatic rings. The molecule has 0 aliphatic heterocycles. The fourth-order valence-corrected chi connectivity index (χ4v) is 4.08. The Labute approximate surface area is 117 Å². The highest BCUT2D eigenvalue weighted by Crippen LogP contribution is 2.30. The van der Waals surface area contributed by atoms with E-state index in [0.717, 1.165) is 24.4 Å². The van der Waals surface area contributed by atoms with E-state index >= 15 is 0 Å². The number of hydrogen-bond donors (Lipinski definition) is 1. The zero-order valence-electron chi connectivity index (χ0n) is 10.7. The van der Waals surface area contributed by atoms with Gasteiger partial charge in [-0.15, -0.1) is 11.3 Å². The Morgan fingerprint density at radius 2 is 2.06 bits per heavy atom. The van der Waals surface area contributed by atoms with Gasteiger partial charge >= 0.3 is 0 Å². The van der Waals surface area contributed by atoms with Crippen molar-refractivity contribution in [1.29, 1.82) is 0 Å². The fourth-order valence-electron chi connectivity index (χ4n) is 2.68. The lowest BCUT2D eigenvalue weighted by atomic mass is 9.80. The minimum Gasteiger partial charge on any atom is -0.309 e. The summed E-state index contributed by atoms with van der Waals surface area (Å²) in [5, 5.41) is 5.86. The zero-order valence-corrected chi connectivity index (χ0v) is 13.1. The lowest BCUT2D eigenvalue weighted by molar-refractivity contribution is 0.238. The van der Waals surface area contributed by atoms with Crippen LogP contribution in [0.2, 0.25) is 0 Å². The second-order valence-electron chi connectivity index (χ2n) is 5.47. The number of halogens is 1. The van der Waals surface area contributed by atoms with Gasteiger partial charge in [-0.25, -0.2) is 0 Å². The molecule has 0 radical (unpaired) electrons. The number of rotatable bonds is 4. The lowest BCUT2D eigenvalue weighted by Crippen LogP contribution is -2.33. The van der Waals surface area contributed by atoms with Gasteiger partial charge in [-0.2, -0.15) is 0 Å². The van der Waals surface area contributed by atoms with Crippen molar-refractivity contribution in [2.24, 2.45) is 11.8 Å². The molecule has 1 aliphatic rings. The Morgan fingerprint density at radius 3 is 2.59 bits per heavy atom. The van der Waals surface area contributed by atoms with Crippen molar-refractivity contribution in [1.82, 2.24) is 5.32 Å². The van der Waals surface area contributed by atoms with Gasteiger partial charge in [0.15, 0.2) is 0 Å². The molecule has 0 amide bonds. The van der Waals surface area contributed by atoms with Gasteiger partial charge in [-0.3, -0.25) is 0 Å². The molecule has 0 spiro atoms. The van der Waals surface area contributed by atoms with Gasteiger partial charge in [-0.05, 0) is 59.5 Å². The van der Waals surface area contributed by atoms with Gasteiger partial charge < -0.3 is 5.32 Å². The molecule has 1 aliphatic carbocycles. The minimum atomic E-state index is 0.742. The molecule has 1 fully saturated rings. The molecule has 96 valence electrons. The molecule has 0 atom stereocenters. The Kier molecular flexibility index (Phi) is 5.07. The van der Waals surface area contributed by atoms with E-state index in [9.17, 15) is 0 Å². The third-order valence-corrected chi connectivity index (χ3v) is 5.60. The molecule has 0 saturated heterocycles. The van der Waals surface area contributed by atoms with E-state index in [0.29, 0.717) is 0 Å². The molecule has 1 saturated carbocycles. The van der Waals surface area contributed by atoms with Crippen molar-refractivity contribution in [2.45, 2.75) is 52.1 Å². The van der Waals surface area contributed by atoms with Crippen LogP contribution in [0.5, 0.6) is 0 Å². The van der Waals surface area contributed by atoms with Crippen molar-refractivity contribution in [3.05, 3.63) is 20.8 Å². The van der Waals surface area contributed by atoms with Crippen LogP contribution in [0.1, 0.15) is 44.4 Å². The molecule has 0 unspecified atom stereocenters. The average molecular weight is 316 g/mol. The largest absolute Gasteiger partial charge is 0.309 e. The van der Waals surface area contributed by atoms with Crippen molar-refractivity contribution < 1.29 is 0 Å². The van der Waals surface area contributed by atoms with Crippen molar-refractivity contribution >= 4 is 27.3 Å². The predicted molar refractivity (Wildman–Crippen MR) is 79.4 cm³/mol. The Bertz CT molecular complexity index is 340. The summed E-state index contributed by atoms with van der Waals surface area (Å²) in [4.78, 5) is 1.43. The molecule has 1 N–H and O–H groups in total. The number of hydrogen-bond acceptors (Lipinski definition) is 2. The van der Waals surface area contributed by atoms with Crippen LogP contribution in [0.4, 0.5) is 0 Å². The number of nitrogens with one attached hydrogen (secondary N) is 1. The van der Waals surface area contributed by atoms with E-state index < -0.39 is 0 Å². The predicted octanol–water partition coefficient (Wildman–Crippen LogP) is 4.82. The van der Waals surface area contributed by atoms with Crippen LogP contribution in [-0.2, 0) is 6.54 Å². The highest BCUT2D eigenvalue weighted by Gasteiger charge is 2.22. The molecule has 2 rings (SSSR count). The number of thiophene rings is 1. The summed E-state index contributed by atoms with van der Waals surface area (Å²) >= 11 is 5.34. The first kappa shape index (κ1) is 13.6. The van der Waals surface area contributed by atoms with E-state index in [-0.39, 0.29) is 0 Å². The smallest absolute Gasteiger partial charge is 0.0302 e. The summed E-state index contributed by atoms with van der Waals surface area (Å²) in [6, 6.07) is 2.96. The van der Waals surface area contributed by atoms with E-state index in [1.807, 2.05) is 11.3 Å². The van der Waals surface area contributed by atoms with E-state index in [1.165, 1.54) is 35.0 Å². The monoisotopic (exact) mass is 315 g/mol. The fraction of sp³-hybridized carbons (Fsp3) is 0.714. The molecule has 3 heteroatoms. The van der Waals surface area contributed by atoms with Crippen molar-refractivity contribution in [3.8, 4) is 0 Å². The van der Waals surface area contributed by atoms with Crippen LogP contribution in [0, 0.1) is 11.8 Å². The second-order valence-corrected chi connectivity index (χ2v) is 7.38. The summed E-state index contributed by atoms with van der Waals surface area (Å²) in [7, 11) is 0. The normalized spacial score (nSPS) is 25.4. The van der Waals surface area contributed by atoms with Crippen LogP contribution in [0.15, 0.2) is 15.9 Å². The Balaban J connectivity index is 1.71. The molecule has 1 nitrogen and oxygen atoms in total. The second kappa shape index (κ2) is 6.35. The maximum absolute atomic E-state index is 3.70. The SMILES string of the molecule is CC(C)C1CCC(NCc2cc(Br)cs2)CC1. The minimum absolute atomic E-state index is 0.742. The van der Waals surface area contributed by atoms with Gasteiger partial charge in [-0.1, -0.05) is 13.8 Å². The van der Waals surface area contributed by atoms with Crippen LogP contribution in [0.3, 0.4) is 0 Å². The highest BCUT2D eigenvalue weighted by atomic mass is 79.9. The van der Waals surface area contributed by atoms with Gasteiger partial charge in [0.25, 0.3) is 0 Å². The van der Waals surface area contributed by atoms with E-state index in [4.69, 9.17) is 0 Å². The molecular weight excluding hydrogens is 294 g/mol. The van der Waals surface area contributed by atoms with Gasteiger partial charge in [0, 0.05) is 27.3 Å². The Hall–Kier alpha value is 0.140. The molecular formula is C14H22BrNS. The third kappa shape index (κ3) is 4.08. The Morgan fingerprint density at radius 1 is 1.35 bits per heavy atom. The summed E-state index contributed by atoms with van der Waals surface area (Å²) in [6.45, 7) is 5.76. The summed E-state index contributed by atoms with van der Waals surface area (Å²) < 4.78 is 1.21. The zero-order chi connectivity index (χ0) is 12.3. The van der Waals surface area contributed by atoms with E-state index in [2.05, 4.69) is 46.5 Å². The maximum Gasteiger partial charge on any atom is 0.0302 e. The van der Waals surface area contributed by atoms with Crippen molar-refractivity contribution in [2.75, 3.05) is 0 Å². The molecule has 1 aromatic heterocycles. The van der Waals surface area contributed by atoms with Crippen LogP contribution < -0.4 is 5.32 Å². The first-order chi connectivity index (χ1) is 8.15. The molecule has 1 heterocycles. The van der Waals surface area contributed by atoms with Crippen LogP contribution in [-0.4, -0.2) is 6.04 Å². The van der Waals surface area contributed by atoms with Crippen LogP contribution in [0.25, 0.3) is 0 Å². The first-order valence-corrected chi connectivity index (χ1v) is 8.28. The third-order valence-electron chi connectivity index (χ3n) is 3.90.